The van der Waals surface area contributed by atoms with E-state index in [2.05, 4.69) is 29.1 Å². The summed E-state index contributed by atoms with van der Waals surface area (Å²) in [4.78, 5) is 33.0. The fraction of sp³-hybridized carbons (Fsp3) is 0.308. The van der Waals surface area contributed by atoms with E-state index >= 15 is 0 Å². The van der Waals surface area contributed by atoms with Gasteiger partial charge in [0.25, 0.3) is 5.91 Å². The zero-order chi connectivity index (χ0) is 22.4. The second kappa shape index (κ2) is 7.86. The predicted molar refractivity (Wildman–Crippen MR) is 127 cm³/mol. The Hall–Kier alpha value is -3.54. The molecule has 2 heterocycles. The zero-order valence-electron chi connectivity index (χ0n) is 18.5. The van der Waals surface area contributed by atoms with Gasteiger partial charge in [-0.1, -0.05) is 26.0 Å². The fourth-order valence-corrected chi connectivity index (χ4v) is 4.87. The largest absolute Gasteiger partial charge is 0.497 e. The molecule has 1 atom stereocenters. The van der Waals surface area contributed by atoms with Crippen LogP contribution < -0.4 is 15.5 Å². The van der Waals surface area contributed by atoms with Gasteiger partial charge < -0.3 is 20.0 Å². The monoisotopic (exact) mass is 429 g/mol. The Kier molecular flexibility index (Phi) is 5.00. The maximum absolute atomic E-state index is 13.2. The summed E-state index contributed by atoms with van der Waals surface area (Å²) in [7, 11) is 1.66. The Morgan fingerprint density at radius 2 is 2.03 bits per heavy atom. The number of para-hydroxylation sites is 1. The van der Waals surface area contributed by atoms with Crippen LogP contribution in [0.15, 0.2) is 47.4 Å². The van der Waals surface area contributed by atoms with Gasteiger partial charge in [0.05, 0.1) is 18.7 Å². The third-order valence-electron chi connectivity index (χ3n) is 6.53. The zero-order valence-corrected chi connectivity index (χ0v) is 18.5. The number of carbonyl (C=O) groups excluding carboxylic acids is 1. The van der Waals surface area contributed by atoms with Gasteiger partial charge in [-0.05, 0) is 60.6 Å². The van der Waals surface area contributed by atoms with Gasteiger partial charge in [-0.3, -0.25) is 9.59 Å². The molecular weight excluding hydrogens is 402 g/mol. The summed E-state index contributed by atoms with van der Waals surface area (Å²) < 4.78 is 5.38. The van der Waals surface area contributed by atoms with E-state index < -0.39 is 0 Å². The lowest BCUT2D eigenvalue weighted by Gasteiger charge is -2.24. The van der Waals surface area contributed by atoms with E-state index in [9.17, 15) is 9.59 Å². The van der Waals surface area contributed by atoms with E-state index in [1.807, 2.05) is 30.3 Å². The van der Waals surface area contributed by atoms with Gasteiger partial charge >= 0.3 is 0 Å². The van der Waals surface area contributed by atoms with Crippen molar-refractivity contribution < 1.29 is 9.53 Å². The van der Waals surface area contributed by atoms with Gasteiger partial charge in [0.1, 0.15) is 11.3 Å². The number of carbonyl (C=O) groups is 1. The van der Waals surface area contributed by atoms with Gasteiger partial charge in [-0.15, -0.1) is 0 Å². The van der Waals surface area contributed by atoms with Crippen molar-refractivity contribution in [3.8, 4) is 5.75 Å². The lowest BCUT2D eigenvalue weighted by atomic mass is 9.91. The summed E-state index contributed by atoms with van der Waals surface area (Å²) in [5, 5.41) is 4.78. The summed E-state index contributed by atoms with van der Waals surface area (Å²) in [5.41, 5.74) is 5.03. The van der Waals surface area contributed by atoms with E-state index in [-0.39, 0.29) is 28.9 Å². The first-order chi connectivity index (χ1) is 15.5. The number of aromatic amines is 2. The van der Waals surface area contributed by atoms with Gasteiger partial charge in [0.15, 0.2) is 0 Å². The molecule has 2 aromatic heterocycles. The summed E-state index contributed by atoms with van der Waals surface area (Å²) in [6.45, 7) is 4.18. The average Bonchev–Trinajstić information content (AvgIpc) is 3.17. The van der Waals surface area contributed by atoms with Crippen molar-refractivity contribution in [3.05, 3.63) is 75.2 Å². The second-order valence-corrected chi connectivity index (χ2v) is 8.80. The Morgan fingerprint density at radius 3 is 2.81 bits per heavy atom. The summed E-state index contributed by atoms with van der Waals surface area (Å²) in [6.07, 6.45) is 4.29. The number of aryl methyl sites for hydroxylation is 1. The smallest absolute Gasteiger partial charge is 0.257 e. The standard InChI is InChI=1S/C26H27N3O3/c1-14(2)16-6-4-8-18-23(16)27-13-20(25(18)30)26(31)29-22-9-5-7-17-19-12-15(32-3)10-11-21(19)28-24(17)22/h4,6,8,10-14,22,28H,5,7,9H2,1-3H3,(H,27,30)(H,29,31)/t22-/m0/s1. The second-order valence-electron chi connectivity index (χ2n) is 8.80. The first-order valence-corrected chi connectivity index (χ1v) is 11.1. The van der Waals surface area contributed by atoms with Crippen molar-refractivity contribution in [1.29, 1.82) is 0 Å². The molecule has 6 heteroatoms. The van der Waals surface area contributed by atoms with Crippen LogP contribution in [0.3, 0.4) is 0 Å². The lowest BCUT2D eigenvalue weighted by Crippen LogP contribution is -2.34. The molecule has 2 aromatic carbocycles. The van der Waals surface area contributed by atoms with Crippen molar-refractivity contribution in [1.82, 2.24) is 15.3 Å². The van der Waals surface area contributed by atoms with Crippen LogP contribution in [0.25, 0.3) is 21.8 Å². The molecule has 0 aliphatic heterocycles. The van der Waals surface area contributed by atoms with Crippen LogP contribution in [0.4, 0.5) is 0 Å². The molecule has 0 unspecified atom stereocenters. The molecule has 0 saturated heterocycles. The SMILES string of the molecule is COc1ccc2[nH]c3c(c2c1)CCC[C@@H]3NC(=O)c1c[nH]c2c(C(C)C)cccc2c1=O. The van der Waals surface area contributed by atoms with Gasteiger partial charge in [0.2, 0.25) is 5.43 Å². The first-order valence-electron chi connectivity index (χ1n) is 11.1. The topological polar surface area (TPSA) is 87.0 Å². The molecular formula is C26H27N3O3. The Morgan fingerprint density at radius 1 is 1.19 bits per heavy atom. The molecule has 32 heavy (non-hydrogen) atoms. The van der Waals surface area contributed by atoms with E-state index in [1.165, 1.54) is 5.56 Å². The molecule has 0 fully saturated rings. The molecule has 0 saturated carbocycles. The summed E-state index contributed by atoms with van der Waals surface area (Å²) >= 11 is 0. The van der Waals surface area contributed by atoms with Gasteiger partial charge in [-0.2, -0.15) is 0 Å². The molecule has 4 aromatic rings. The maximum atomic E-state index is 13.2. The average molecular weight is 430 g/mol. The number of H-pyrrole nitrogens is 2. The summed E-state index contributed by atoms with van der Waals surface area (Å²) in [6, 6.07) is 11.5. The Labute approximate surface area is 186 Å². The number of pyridine rings is 1. The number of aromatic nitrogens is 2. The van der Waals surface area contributed by atoms with Gasteiger partial charge in [-0.25, -0.2) is 0 Å². The molecule has 0 radical (unpaired) electrons. The lowest BCUT2D eigenvalue weighted by molar-refractivity contribution is 0.0930. The highest BCUT2D eigenvalue weighted by Crippen LogP contribution is 2.36. The quantitative estimate of drug-likeness (QED) is 0.429. The van der Waals surface area contributed by atoms with E-state index in [0.29, 0.717) is 5.39 Å². The van der Waals surface area contributed by atoms with Crippen LogP contribution in [-0.2, 0) is 6.42 Å². The third-order valence-corrected chi connectivity index (χ3v) is 6.53. The maximum Gasteiger partial charge on any atom is 0.257 e. The number of rotatable bonds is 4. The van der Waals surface area contributed by atoms with E-state index in [0.717, 1.165) is 52.7 Å². The number of amides is 1. The van der Waals surface area contributed by atoms with Crippen molar-refractivity contribution >= 4 is 27.7 Å². The molecule has 0 bridgehead atoms. The molecule has 0 spiro atoms. The van der Waals surface area contributed by atoms with E-state index in [4.69, 9.17) is 4.74 Å². The van der Waals surface area contributed by atoms with Crippen molar-refractivity contribution in [2.45, 2.75) is 45.1 Å². The highest BCUT2D eigenvalue weighted by Gasteiger charge is 2.27. The Balaban J connectivity index is 1.49. The van der Waals surface area contributed by atoms with Crippen LogP contribution >= 0.6 is 0 Å². The van der Waals surface area contributed by atoms with Crippen molar-refractivity contribution in [2.24, 2.45) is 0 Å². The minimum Gasteiger partial charge on any atom is -0.497 e. The molecule has 164 valence electrons. The number of methoxy groups -OCH3 is 1. The number of hydrogen-bond donors (Lipinski definition) is 3. The van der Waals surface area contributed by atoms with E-state index in [1.54, 1.807) is 19.4 Å². The molecule has 5 rings (SSSR count). The molecule has 3 N–H and O–H groups in total. The number of ether oxygens (including phenoxy) is 1. The van der Waals surface area contributed by atoms with Crippen LogP contribution in [0.1, 0.15) is 65.8 Å². The third kappa shape index (κ3) is 3.27. The highest BCUT2D eigenvalue weighted by atomic mass is 16.5. The molecule has 6 nitrogen and oxygen atoms in total. The highest BCUT2D eigenvalue weighted by molar-refractivity contribution is 5.98. The first kappa shape index (κ1) is 20.4. The van der Waals surface area contributed by atoms with Crippen LogP contribution in [0.2, 0.25) is 0 Å². The van der Waals surface area contributed by atoms with Crippen molar-refractivity contribution in [3.63, 3.8) is 0 Å². The fourth-order valence-electron chi connectivity index (χ4n) is 4.87. The van der Waals surface area contributed by atoms with Crippen LogP contribution in [-0.4, -0.2) is 23.0 Å². The van der Waals surface area contributed by atoms with Crippen LogP contribution in [0, 0.1) is 0 Å². The number of hydrogen-bond acceptors (Lipinski definition) is 3. The van der Waals surface area contributed by atoms with Gasteiger partial charge in [0, 0.05) is 28.2 Å². The predicted octanol–water partition coefficient (Wildman–Crippen LogP) is 4.95. The molecule has 1 aliphatic rings. The molecule has 1 aliphatic carbocycles. The minimum absolute atomic E-state index is 0.142. The number of benzene rings is 2. The van der Waals surface area contributed by atoms with Crippen LogP contribution in [0.5, 0.6) is 5.75 Å². The normalized spacial score (nSPS) is 15.8. The van der Waals surface area contributed by atoms with Crippen molar-refractivity contribution in [2.75, 3.05) is 7.11 Å². The molecule has 1 amide bonds. The summed E-state index contributed by atoms with van der Waals surface area (Å²) in [5.74, 6) is 0.737. The Bertz CT molecular complexity index is 1400. The number of nitrogens with one attached hydrogen (secondary N) is 3. The number of fused-ring (bicyclic) bond motifs is 4. The minimum atomic E-state index is -0.350.